The van der Waals surface area contributed by atoms with Crippen molar-refractivity contribution < 1.29 is 12.6 Å². The summed E-state index contributed by atoms with van der Waals surface area (Å²) in [4.78, 5) is 0.161. The van der Waals surface area contributed by atoms with Crippen molar-refractivity contribution in [2.45, 2.75) is 85.0 Å². The first kappa shape index (κ1) is 27.7. The SMILES string of the molecule is Cc1c(C(C)C)cc(C(C)C)cc1C(C)C.Cc1ccc(OS(=O)(=O)c2ccc(C)cc2)cc1. The molecule has 0 saturated carbocycles. The largest absolute Gasteiger partial charge is 0.379 e. The predicted octanol–water partition coefficient (Wildman–Crippen LogP) is 8.44. The maximum atomic E-state index is 12.0. The first-order valence-corrected chi connectivity index (χ1v) is 13.4. The van der Waals surface area contributed by atoms with Crippen LogP contribution >= 0.6 is 0 Å². The molecule has 184 valence electrons. The van der Waals surface area contributed by atoms with E-state index in [4.69, 9.17) is 4.18 Å². The third kappa shape index (κ3) is 7.46. The first-order chi connectivity index (χ1) is 15.8. The second kappa shape index (κ2) is 11.7. The summed E-state index contributed by atoms with van der Waals surface area (Å²) in [6, 6.07) is 18.3. The van der Waals surface area contributed by atoms with Crippen LogP contribution in [0.15, 0.2) is 65.6 Å². The van der Waals surface area contributed by atoms with Gasteiger partial charge in [0, 0.05) is 0 Å². The Morgan fingerprint density at radius 1 is 0.618 bits per heavy atom. The number of hydrogen-bond donors (Lipinski definition) is 0. The zero-order valence-electron chi connectivity index (χ0n) is 22.1. The van der Waals surface area contributed by atoms with E-state index in [9.17, 15) is 8.42 Å². The van der Waals surface area contributed by atoms with Gasteiger partial charge in [-0.05, 0) is 85.0 Å². The third-order valence-corrected chi connectivity index (χ3v) is 7.22. The summed E-state index contributed by atoms with van der Waals surface area (Å²) in [5.74, 6) is 2.18. The molecule has 0 radical (unpaired) electrons. The van der Waals surface area contributed by atoms with Crippen LogP contribution in [-0.2, 0) is 10.1 Å². The minimum absolute atomic E-state index is 0.161. The molecule has 3 rings (SSSR count). The number of benzene rings is 3. The van der Waals surface area contributed by atoms with E-state index in [1.165, 1.54) is 22.3 Å². The van der Waals surface area contributed by atoms with E-state index in [-0.39, 0.29) is 4.90 Å². The topological polar surface area (TPSA) is 43.4 Å². The average molecular weight is 481 g/mol. The fourth-order valence-corrected chi connectivity index (χ4v) is 4.72. The molecule has 0 fully saturated rings. The summed E-state index contributed by atoms with van der Waals surface area (Å²) < 4.78 is 29.0. The molecule has 0 aliphatic carbocycles. The monoisotopic (exact) mass is 480 g/mol. The molecule has 0 saturated heterocycles. The van der Waals surface area contributed by atoms with Crippen LogP contribution in [0, 0.1) is 20.8 Å². The highest BCUT2D eigenvalue weighted by Gasteiger charge is 2.16. The number of aryl methyl sites for hydroxylation is 2. The average Bonchev–Trinajstić information content (AvgIpc) is 2.75. The zero-order chi connectivity index (χ0) is 25.6. The van der Waals surface area contributed by atoms with Gasteiger partial charge >= 0.3 is 10.1 Å². The Bertz CT molecular complexity index is 1140. The molecular formula is C30H40O3S. The molecule has 0 bridgehead atoms. The Labute approximate surface area is 207 Å². The Morgan fingerprint density at radius 2 is 1.03 bits per heavy atom. The predicted molar refractivity (Wildman–Crippen MR) is 144 cm³/mol. The van der Waals surface area contributed by atoms with E-state index in [1.54, 1.807) is 48.5 Å². The quantitative estimate of drug-likeness (QED) is 0.332. The van der Waals surface area contributed by atoms with E-state index in [0.717, 1.165) is 11.1 Å². The van der Waals surface area contributed by atoms with Crippen molar-refractivity contribution in [3.8, 4) is 5.75 Å². The molecule has 4 heteroatoms. The maximum Gasteiger partial charge on any atom is 0.339 e. The van der Waals surface area contributed by atoms with E-state index in [0.29, 0.717) is 23.5 Å². The Hall–Kier alpha value is -2.59. The van der Waals surface area contributed by atoms with Gasteiger partial charge in [-0.25, -0.2) is 0 Å². The van der Waals surface area contributed by atoms with Crippen LogP contribution in [-0.4, -0.2) is 8.42 Å². The molecule has 3 nitrogen and oxygen atoms in total. The summed E-state index contributed by atoms with van der Waals surface area (Å²) in [5.41, 5.74) is 8.08. The van der Waals surface area contributed by atoms with Crippen LogP contribution < -0.4 is 4.18 Å². The maximum absolute atomic E-state index is 12.0. The van der Waals surface area contributed by atoms with Crippen LogP contribution in [0.2, 0.25) is 0 Å². The van der Waals surface area contributed by atoms with Crippen molar-refractivity contribution in [3.05, 3.63) is 94.0 Å². The fraction of sp³-hybridized carbons (Fsp3) is 0.400. The van der Waals surface area contributed by atoms with Gasteiger partial charge in [0.1, 0.15) is 10.6 Å². The van der Waals surface area contributed by atoms with Crippen molar-refractivity contribution in [1.82, 2.24) is 0 Å². The molecule has 0 aliphatic heterocycles. The molecule has 0 atom stereocenters. The van der Waals surface area contributed by atoms with Gasteiger partial charge in [-0.3, -0.25) is 0 Å². The third-order valence-electron chi connectivity index (χ3n) is 5.96. The Morgan fingerprint density at radius 3 is 1.41 bits per heavy atom. The standard InChI is InChI=1S/C16H26.C14H14O3S/c1-10(2)14-8-15(11(3)4)13(7)16(9-14)12(5)6;1-11-3-7-13(8-4-11)17-18(15,16)14-9-5-12(2)6-10-14/h8-12H,1-7H3;3-10H,1-2H3. The summed E-state index contributed by atoms with van der Waals surface area (Å²) in [7, 11) is -3.74. The van der Waals surface area contributed by atoms with Crippen LogP contribution in [0.3, 0.4) is 0 Å². The van der Waals surface area contributed by atoms with Crippen molar-refractivity contribution in [2.24, 2.45) is 0 Å². The summed E-state index contributed by atoms with van der Waals surface area (Å²) in [6.45, 7) is 19.8. The molecular weight excluding hydrogens is 440 g/mol. The molecule has 0 unspecified atom stereocenters. The molecule has 0 N–H and O–H groups in total. The zero-order valence-corrected chi connectivity index (χ0v) is 23.0. The van der Waals surface area contributed by atoms with Crippen LogP contribution in [0.4, 0.5) is 0 Å². The van der Waals surface area contributed by atoms with Crippen molar-refractivity contribution >= 4 is 10.1 Å². The van der Waals surface area contributed by atoms with Gasteiger partial charge in [0.2, 0.25) is 0 Å². The van der Waals surface area contributed by atoms with E-state index in [2.05, 4.69) is 60.6 Å². The summed E-state index contributed by atoms with van der Waals surface area (Å²) in [6.07, 6.45) is 0. The fourth-order valence-electron chi connectivity index (χ4n) is 3.79. The van der Waals surface area contributed by atoms with Gasteiger partial charge in [-0.1, -0.05) is 89.1 Å². The van der Waals surface area contributed by atoms with Crippen molar-refractivity contribution in [2.75, 3.05) is 0 Å². The Balaban J connectivity index is 0.000000242. The second-order valence-electron chi connectivity index (χ2n) is 9.95. The van der Waals surface area contributed by atoms with Gasteiger partial charge in [0.05, 0.1) is 0 Å². The highest BCUT2D eigenvalue weighted by Crippen LogP contribution is 2.31. The van der Waals surface area contributed by atoms with Gasteiger partial charge in [-0.2, -0.15) is 8.42 Å². The molecule has 34 heavy (non-hydrogen) atoms. The van der Waals surface area contributed by atoms with E-state index < -0.39 is 10.1 Å². The van der Waals surface area contributed by atoms with Gasteiger partial charge in [0.15, 0.2) is 0 Å². The van der Waals surface area contributed by atoms with E-state index >= 15 is 0 Å². The van der Waals surface area contributed by atoms with Crippen molar-refractivity contribution in [1.29, 1.82) is 0 Å². The Kier molecular flexibility index (Phi) is 9.52. The summed E-state index contributed by atoms with van der Waals surface area (Å²) in [5, 5.41) is 0. The molecule has 0 heterocycles. The van der Waals surface area contributed by atoms with Crippen molar-refractivity contribution in [3.63, 3.8) is 0 Å². The molecule has 3 aromatic carbocycles. The lowest BCUT2D eigenvalue weighted by Crippen LogP contribution is -2.09. The molecule has 0 spiro atoms. The highest BCUT2D eigenvalue weighted by atomic mass is 32.2. The van der Waals surface area contributed by atoms with Crippen LogP contribution in [0.5, 0.6) is 5.75 Å². The van der Waals surface area contributed by atoms with Gasteiger partial charge in [-0.15, -0.1) is 0 Å². The highest BCUT2D eigenvalue weighted by molar-refractivity contribution is 7.87. The number of hydrogen-bond acceptors (Lipinski definition) is 3. The van der Waals surface area contributed by atoms with Crippen LogP contribution in [0.1, 0.15) is 92.7 Å². The lowest BCUT2D eigenvalue weighted by Gasteiger charge is -2.20. The van der Waals surface area contributed by atoms with E-state index in [1.807, 2.05) is 13.8 Å². The number of rotatable bonds is 6. The molecule has 0 aromatic heterocycles. The molecule has 0 amide bonds. The molecule has 0 aliphatic rings. The van der Waals surface area contributed by atoms with Gasteiger partial charge in [0.25, 0.3) is 0 Å². The smallest absolute Gasteiger partial charge is 0.339 e. The van der Waals surface area contributed by atoms with Crippen LogP contribution in [0.25, 0.3) is 0 Å². The first-order valence-electron chi connectivity index (χ1n) is 12.0. The lowest BCUT2D eigenvalue weighted by molar-refractivity contribution is 0.486. The molecule has 3 aromatic rings. The minimum Gasteiger partial charge on any atom is -0.379 e. The second-order valence-corrected chi connectivity index (χ2v) is 11.5. The summed E-state index contributed by atoms with van der Waals surface area (Å²) >= 11 is 0. The van der Waals surface area contributed by atoms with Gasteiger partial charge < -0.3 is 4.18 Å². The minimum atomic E-state index is -3.74. The normalized spacial score (nSPS) is 11.5. The lowest BCUT2D eigenvalue weighted by atomic mass is 9.85.